The highest BCUT2D eigenvalue weighted by molar-refractivity contribution is 6.14. The highest BCUT2D eigenvalue weighted by atomic mass is 35.5. The molecule has 1 saturated carbocycles. The number of fused-ring (bicyclic) bond motifs is 8. The Hall–Kier alpha value is -2.40. The molecule has 0 radical (unpaired) electrons. The lowest BCUT2D eigenvalue weighted by molar-refractivity contribution is -0.731. The predicted octanol–water partition coefficient (Wildman–Crippen LogP) is 0.329. The lowest BCUT2D eigenvalue weighted by Gasteiger charge is -2.35. The van der Waals surface area contributed by atoms with Gasteiger partial charge in [0.25, 0.3) is 5.69 Å². The first kappa shape index (κ1) is 18.0. The van der Waals surface area contributed by atoms with E-state index in [-0.39, 0.29) is 36.0 Å². The zero-order valence-corrected chi connectivity index (χ0v) is 15.8. The summed E-state index contributed by atoms with van der Waals surface area (Å²) >= 11 is 0. The van der Waals surface area contributed by atoms with Crippen molar-refractivity contribution in [2.75, 3.05) is 6.61 Å². The quantitative estimate of drug-likeness (QED) is 0.511. The lowest BCUT2D eigenvalue weighted by Crippen LogP contribution is -3.00. The van der Waals surface area contributed by atoms with Crippen LogP contribution in [0.25, 0.3) is 21.8 Å². The molecule has 0 unspecified atom stereocenters. The monoisotopic (exact) mass is 384 g/mol. The molecule has 140 valence electrons. The summed E-state index contributed by atoms with van der Waals surface area (Å²) in [4.78, 5) is 28.1. The SMILES string of the molecule is CC(=O)OC[C@H]1CC[C@@H]2C[C@H]1C(=O)c1c3[nH]c4ccccc4c3cc[n+]12.[Cl-]. The number of nitrogens with zero attached hydrogens (tertiary/aromatic N) is 1. The van der Waals surface area contributed by atoms with Crippen LogP contribution in [0.2, 0.25) is 0 Å². The van der Waals surface area contributed by atoms with Crippen LogP contribution in [0.4, 0.5) is 0 Å². The van der Waals surface area contributed by atoms with E-state index in [1.165, 1.54) is 6.92 Å². The van der Waals surface area contributed by atoms with E-state index in [0.29, 0.717) is 12.6 Å². The van der Waals surface area contributed by atoms with Crippen molar-refractivity contribution in [2.24, 2.45) is 11.8 Å². The fourth-order valence-electron chi connectivity index (χ4n) is 4.82. The molecule has 1 N–H and O–H groups in total. The first-order valence-corrected chi connectivity index (χ1v) is 9.25. The van der Waals surface area contributed by atoms with Crippen molar-refractivity contribution in [1.82, 2.24) is 4.98 Å². The zero-order valence-electron chi connectivity index (χ0n) is 15.1. The molecule has 6 heteroatoms. The molecule has 3 heterocycles. The summed E-state index contributed by atoms with van der Waals surface area (Å²) < 4.78 is 7.40. The Morgan fingerprint density at radius 1 is 1.22 bits per heavy atom. The number of carbonyl (C=O) groups excluding carboxylic acids is 2. The second-order valence-corrected chi connectivity index (χ2v) is 7.53. The molecule has 1 aliphatic heterocycles. The number of ketones is 1. The number of Topliss-reactive ketones (excluding diaryl/α,β-unsaturated/α-hetero) is 1. The van der Waals surface area contributed by atoms with Gasteiger partial charge in [-0.05, 0) is 12.5 Å². The van der Waals surface area contributed by atoms with E-state index in [4.69, 9.17) is 4.74 Å². The van der Waals surface area contributed by atoms with Crippen LogP contribution >= 0.6 is 0 Å². The molecule has 5 nitrogen and oxygen atoms in total. The van der Waals surface area contributed by atoms with E-state index in [9.17, 15) is 9.59 Å². The minimum absolute atomic E-state index is 0. The second-order valence-electron chi connectivity index (χ2n) is 7.53. The molecule has 3 aromatic rings. The van der Waals surface area contributed by atoms with Gasteiger partial charge in [-0.25, -0.2) is 0 Å². The number of hydrogen-bond donors (Lipinski definition) is 1. The van der Waals surface area contributed by atoms with Gasteiger partial charge in [0.2, 0.25) is 5.78 Å². The Bertz CT molecular complexity index is 1060. The van der Waals surface area contributed by atoms with Gasteiger partial charge in [-0.1, -0.05) is 18.2 Å². The minimum atomic E-state index is -0.275. The molecule has 27 heavy (non-hydrogen) atoms. The van der Waals surface area contributed by atoms with Gasteiger partial charge in [-0.15, -0.1) is 0 Å². The van der Waals surface area contributed by atoms with Crippen molar-refractivity contribution in [1.29, 1.82) is 0 Å². The van der Waals surface area contributed by atoms with Gasteiger partial charge in [0.1, 0.15) is 5.52 Å². The number of aromatic amines is 1. The second kappa shape index (κ2) is 6.64. The van der Waals surface area contributed by atoms with Gasteiger partial charge in [0.15, 0.2) is 12.2 Å². The van der Waals surface area contributed by atoms with Gasteiger partial charge < -0.3 is 22.1 Å². The third kappa shape index (κ3) is 2.72. The fourth-order valence-corrected chi connectivity index (χ4v) is 4.82. The summed E-state index contributed by atoms with van der Waals surface area (Å²) in [5, 5.41) is 2.24. The van der Waals surface area contributed by atoms with Crippen molar-refractivity contribution < 1.29 is 31.3 Å². The lowest BCUT2D eigenvalue weighted by atomic mass is 9.71. The minimum Gasteiger partial charge on any atom is -1.00 e. The maximum Gasteiger partial charge on any atom is 0.302 e. The topological polar surface area (TPSA) is 63.0 Å². The van der Waals surface area contributed by atoms with Crippen LogP contribution in [0.5, 0.6) is 0 Å². The molecular weight excluding hydrogens is 364 g/mol. The predicted molar refractivity (Wildman–Crippen MR) is 96.8 cm³/mol. The van der Waals surface area contributed by atoms with E-state index in [1.807, 2.05) is 18.2 Å². The van der Waals surface area contributed by atoms with Crippen LogP contribution in [0, 0.1) is 11.8 Å². The summed E-state index contributed by atoms with van der Waals surface area (Å²) in [5.74, 6) is -0.0421. The van der Waals surface area contributed by atoms with Crippen molar-refractivity contribution in [3.05, 3.63) is 42.2 Å². The van der Waals surface area contributed by atoms with E-state index in [1.54, 1.807) is 0 Å². The third-order valence-electron chi connectivity index (χ3n) is 6.07. The first-order valence-electron chi connectivity index (χ1n) is 9.25. The summed E-state index contributed by atoms with van der Waals surface area (Å²) in [6, 6.07) is 10.6. The van der Waals surface area contributed by atoms with Crippen molar-refractivity contribution in [3.8, 4) is 0 Å². The largest absolute Gasteiger partial charge is 1.00 e. The van der Waals surface area contributed by atoms with E-state index in [2.05, 4.69) is 27.9 Å². The van der Waals surface area contributed by atoms with Gasteiger partial charge in [0, 0.05) is 54.0 Å². The number of halogens is 1. The molecule has 2 aromatic heterocycles. The molecule has 2 bridgehead atoms. The molecule has 0 saturated heterocycles. The van der Waals surface area contributed by atoms with E-state index < -0.39 is 0 Å². The molecular formula is C21H21ClN2O3. The number of benzene rings is 1. The number of H-pyrrole nitrogens is 1. The maximum absolute atomic E-state index is 13.4. The van der Waals surface area contributed by atoms with Crippen LogP contribution < -0.4 is 17.0 Å². The maximum atomic E-state index is 13.4. The van der Waals surface area contributed by atoms with Gasteiger partial charge in [0.05, 0.1) is 6.61 Å². The molecule has 1 fully saturated rings. The number of hydrogen-bond acceptors (Lipinski definition) is 3. The molecule has 3 atom stereocenters. The van der Waals surface area contributed by atoms with E-state index >= 15 is 0 Å². The number of para-hydroxylation sites is 1. The zero-order chi connectivity index (χ0) is 17.8. The smallest absolute Gasteiger partial charge is 0.302 e. The normalized spacial score (nSPS) is 23.7. The molecule has 1 aliphatic carbocycles. The van der Waals surface area contributed by atoms with Crippen LogP contribution in [0.3, 0.4) is 0 Å². The highest BCUT2D eigenvalue weighted by Crippen LogP contribution is 2.41. The Labute approximate surface area is 163 Å². The average molecular weight is 385 g/mol. The molecule has 0 amide bonds. The summed E-state index contributed by atoms with van der Waals surface area (Å²) in [5.41, 5.74) is 2.77. The number of rotatable bonds is 2. The molecule has 5 rings (SSSR count). The summed E-state index contributed by atoms with van der Waals surface area (Å²) in [6.45, 7) is 1.77. The number of pyridine rings is 1. The van der Waals surface area contributed by atoms with E-state index in [0.717, 1.165) is 46.8 Å². The van der Waals surface area contributed by atoms with Crippen LogP contribution in [-0.2, 0) is 9.53 Å². The summed E-state index contributed by atoms with van der Waals surface area (Å²) in [6.07, 6.45) is 4.85. The Kier molecular flexibility index (Phi) is 4.42. The number of nitrogens with one attached hydrogen (secondary N) is 1. The number of esters is 1. The Morgan fingerprint density at radius 3 is 2.85 bits per heavy atom. The molecule has 1 aromatic carbocycles. The third-order valence-corrected chi connectivity index (χ3v) is 6.07. The van der Waals surface area contributed by atoms with Crippen LogP contribution in [-0.4, -0.2) is 23.3 Å². The number of aromatic nitrogens is 2. The standard InChI is InChI=1S/C21H20N2O3.ClH/c1-12(24)26-11-13-6-7-14-10-17(13)21(25)20-19-16(8-9-23(14)20)15-4-2-3-5-18(15)22-19;/h2-5,8-9,13-14,17H,6-7,10-11H2,1H3;1H/t13-,14-,17-;/m1./s1. The first-order chi connectivity index (χ1) is 12.6. The van der Waals surface area contributed by atoms with Crippen molar-refractivity contribution in [3.63, 3.8) is 0 Å². The number of ether oxygens (including phenoxy) is 1. The number of carbonyl (C=O) groups is 2. The van der Waals surface area contributed by atoms with Gasteiger partial charge >= 0.3 is 5.97 Å². The fraction of sp³-hybridized carbons (Fsp3) is 0.381. The Morgan fingerprint density at radius 2 is 2.04 bits per heavy atom. The highest BCUT2D eigenvalue weighted by Gasteiger charge is 2.48. The molecule has 2 aliphatic rings. The molecule has 0 spiro atoms. The van der Waals surface area contributed by atoms with Gasteiger partial charge in [-0.3, -0.25) is 9.59 Å². The Balaban J connectivity index is 0.00000180. The summed E-state index contributed by atoms with van der Waals surface area (Å²) in [7, 11) is 0. The van der Waals surface area contributed by atoms with Crippen LogP contribution in [0.1, 0.15) is 42.7 Å². The van der Waals surface area contributed by atoms with Crippen LogP contribution in [0.15, 0.2) is 36.5 Å². The average Bonchev–Trinajstić information content (AvgIpc) is 3.03. The van der Waals surface area contributed by atoms with Crippen molar-refractivity contribution in [2.45, 2.75) is 32.2 Å². The van der Waals surface area contributed by atoms with Crippen molar-refractivity contribution >= 4 is 33.6 Å². The van der Waals surface area contributed by atoms with Gasteiger partial charge in [-0.2, -0.15) is 4.57 Å².